The van der Waals surface area contributed by atoms with Gasteiger partial charge in [0.1, 0.15) is 0 Å². The second-order valence-corrected chi connectivity index (χ2v) is 5.38. The van der Waals surface area contributed by atoms with Gasteiger partial charge in [0, 0.05) is 13.6 Å². The zero-order valence-corrected chi connectivity index (χ0v) is 10.2. The quantitative estimate of drug-likeness (QED) is 0.819. The van der Waals surface area contributed by atoms with E-state index in [1.165, 1.54) is 11.3 Å². The fraction of sp³-hybridized carbons (Fsp3) is 0.667. The molecule has 1 heterocycles. The summed E-state index contributed by atoms with van der Waals surface area (Å²) in [5, 5.41) is 14.3. The first-order chi connectivity index (χ1) is 6.92. The molecule has 2 N–H and O–H groups in total. The topological polar surface area (TPSA) is 66.9 Å². The fourth-order valence-electron chi connectivity index (χ4n) is 0.837. The molecule has 0 bridgehead atoms. The number of carbonyl (C=O) groups is 1. The molecule has 0 aromatic carbocycles. The van der Waals surface area contributed by atoms with Gasteiger partial charge < -0.3 is 10.6 Å². The Balaban J connectivity index is 2.54. The number of amides is 1. The van der Waals surface area contributed by atoms with E-state index in [4.69, 9.17) is 0 Å². The van der Waals surface area contributed by atoms with Crippen LogP contribution in [0.2, 0.25) is 0 Å². The van der Waals surface area contributed by atoms with Crippen molar-refractivity contribution in [3.8, 4) is 0 Å². The monoisotopic (exact) mass is 228 g/mol. The van der Waals surface area contributed by atoms with Crippen molar-refractivity contribution in [2.75, 3.05) is 18.9 Å². The lowest BCUT2D eigenvalue weighted by molar-refractivity contribution is 0.0938. The minimum Gasteiger partial charge on any atom is -0.363 e. The van der Waals surface area contributed by atoms with Crippen LogP contribution in [0.25, 0.3) is 0 Å². The fourth-order valence-corrected chi connectivity index (χ4v) is 1.45. The molecule has 0 atom stereocenters. The summed E-state index contributed by atoms with van der Waals surface area (Å²) in [7, 11) is 1.75. The van der Waals surface area contributed by atoms with Crippen LogP contribution in [0, 0.1) is 5.41 Å². The minimum atomic E-state index is -0.163. The largest absolute Gasteiger partial charge is 0.363 e. The molecule has 0 radical (unpaired) electrons. The van der Waals surface area contributed by atoms with Crippen LogP contribution in [-0.2, 0) is 0 Å². The smallest absolute Gasteiger partial charge is 0.282 e. The molecular formula is C9H16N4OS. The third kappa shape index (κ3) is 3.83. The Morgan fingerprint density at radius 1 is 1.40 bits per heavy atom. The van der Waals surface area contributed by atoms with E-state index in [1.54, 1.807) is 7.05 Å². The van der Waals surface area contributed by atoms with E-state index in [1.807, 2.05) is 0 Å². The normalized spacial score (nSPS) is 11.2. The summed E-state index contributed by atoms with van der Waals surface area (Å²) >= 11 is 1.25. The van der Waals surface area contributed by atoms with Gasteiger partial charge in [-0.2, -0.15) is 0 Å². The summed E-state index contributed by atoms with van der Waals surface area (Å²) in [6.07, 6.45) is 0. The molecule has 1 aromatic heterocycles. The van der Waals surface area contributed by atoms with E-state index in [0.29, 0.717) is 16.7 Å². The van der Waals surface area contributed by atoms with Gasteiger partial charge in [0.05, 0.1) is 0 Å². The molecule has 0 aliphatic carbocycles. The van der Waals surface area contributed by atoms with Crippen molar-refractivity contribution < 1.29 is 4.79 Å². The van der Waals surface area contributed by atoms with Crippen LogP contribution >= 0.6 is 11.3 Å². The zero-order chi connectivity index (χ0) is 11.5. The van der Waals surface area contributed by atoms with Gasteiger partial charge >= 0.3 is 0 Å². The van der Waals surface area contributed by atoms with E-state index in [0.717, 1.165) is 0 Å². The Bertz CT molecular complexity index is 342. The predicted octanol–water partition coefficient (Wildman–Crippen LogP) is 1.36. The van der Waals surface area contributed by atoms with Gasteiger partial charge in [-0.1, -0.05) is 32.1 Å². The number of nitrogens with one attached hydrogen (secondary N) is 2. The zero-order valence-electron chi connectivity index (χ0n) is 9.42. The van der Waals surface area contributed by atoms with Crippen LogP contribution in [0.4, 0.5) is 5.13 Å². The van der Waals surface area contributed by atoms with Crippen LogP contribution in [0.5, 0.6) is 0 Å². The Morgan fingerprint density at radius 3 is 2.53 bits per heavy atom. The molecule has 0 unspecified atom stereocenters. The summed E-state index contributed by atoms with van der Waals surface area (Å²) in [5.41, 5.74) is 0.0756. The van der Waals surface area contributed by atoms with Crippen molar-refractivity contribution in [1.82, 2.24) is 15.5 Å². The summed E-state index contributed by atoms with van der Waals surface area (Å²) < 4.78 is 0. The molecule has 1 aromatic rings. The third-order valence-corrected chi connectivity index (χ3v) is 2.55. The van der Waals surface area contributed by atoms with Crippen molar-refractivity contribution in [2.24, 2.45) is 5.41 Å². The first kappa shape index (κ1) is 11.9. The Kier molecular flexibility index (Phi) is 3.62. The van der Waals surface area contributed by atoms with Gasteiger partial charge in [0.15, 0.2) is 0 Å². The number of anilines is 1. The van der Waals surface area contributed by atoms with Crippen LogP contribution < -0.4 is 10.6 Å². The number of hydrogen-bond donors (Lipinski definition) is 2. The first-order valence-corrected chi connectivity index (χ1v) is 5.53. The average Bonchev–Trinajstić information content (AvgIpc) is 2.61. The van der Waals surface area contributed by atoms with Crippen molar-refractivity contribution in [3.05, 3.63) is 5.01 Å². The molecule has 15 heavy (non-hydrogen) atoms. The number of hydrogen-bond acceptors (Lipinski definition) is 5. The van der Waals surface area contributed by atoms with E-state index < -0.39 is 0 Å². The lowest BCUT2D eigenvalue weighted by Gasteiger charge is -2.17. The van der Waals surface area contributed by atoms with Crippen molar-refractivity contribution >= 4 is 22.4 Å². The molecular weight excluding hydrogens is 212 g/mol. The molecule has 6 heteroatoms. The van der Waals surface area contributed by atoms with Crippen LogP contribution in [0.15, 0.2) is 0 Å². The van der Waals surface area contributed by atoms with Crippen molar-refractivity contribution in [2.45, 2.75) is 20.8 Å². The summed E-state index contributed by atoms with van der Waals surface area (Å²) in [6, 6.07) is 0. The van der Waals surface area contributed by atoms with Gasteiger partial charge in [0.2, 0.25) is 10.1 Å². The Hall–Kier alpha value is -1.17. The number of carbonyl (C=O) groups excluding carboxylic acids is 1. The maximum absolute atomic E-state index is 11.6. The van der Waals surface area contributed by atoms with Gasteiger partial charge in [-0.15, -0.1) is 10.2 Å². The predicted molar refractivity (Wildman–Crippen MR) is 61.2 cm³/mol. The highest BCUT2D eigenvalue weighted by Crippen LogP contribution is 2.15. The van der Waals surface area contributed by atoms with E-state index in [-0.39, 0.29) is 11.3 Å². The lowest BCUT2D eigenvalue weighted by Crippen LogP contribution is -2.32. The second kappa shape index (κ2) is 4.57. The molecule has 0 saturated heterocycles. The first-order valence-electron chi connectivity index (χ1n) is 4.72. The maximum atomic E-state index is 11.6. The van der Waals surface area contributed by atoms with E-state index >= 15 is 0 Å². The Labute approximate surface area is 93.3 Å². The molecule has 0 aliphatic heterocycles. The Morgan fingerprint density at radius 2 is 2.07 bits per heavy atom. The highest BCUT2D eigenvalue weighted by Gasteiger charge is 2.15. The highest BCUT2D eigenvalue weighted by atomic mass is 32.1. The molecule has 84 valence electrons. The molecule has 1 amide bonds. The minimum absolute atomic E-state index is 0.0756. The molecule has 0 fully saturated rings. The van der Waals surface area contributed by atoms with Crippen molar-refractivity contribution in [1.29, 1.82) is 0 Å². The van der Waals surface area contributed by atoms with Gasteiger partial charge in [-0.05, 0) is 5.41 Å². The van der Waals surface area contributed by atoms with Crippen LogP contribution in [0.1, 0.15) is 30.6 Å². The van der Waals surface area contributed by atoms with Gasteiger partial charge in [0.25, 0.3) is 5.91 Å². The SMILES string of the molecule is CNc1nnc(C(=O)NCC(C)(C)C)s1. The second-order valence-electron chi connectivity index (χ2n) is 4.41. The number of rotatable bonds is 3. The summed E-state index contributed by atoms with van der Waals surface area (Å²) in [4.78, 5) is 11.6. The highest BCUT2D eigenvalue weighted by molar-refractivity contribution is 7.17. The molecule has 0 saturated carbocycles. The van der Waals surface area contributed by atoms with E-state index in [2.05, 4.69) is 41.6 Å². The lowest BCUT2D eigenvalue weighted by atomic mass is 9.97. The summed E-state index contributed by atoms with van der Waals surface area (Å²) in [6.45, 7) is 6.81. The van der Waals surface area contributed by atoms with E-state index in [9.17, 15) is 4.79 Å². The van der Waals surface area contributed by atoms with Crippen LogP contribution in [0.3, 0.4) is 0 Å². The summed E-state index contributed by atoms with van der Waals surface area (Å²) in [5.74, 6) is -0.163. The molecule has 0 spiro atoms. The van der Waals surface area contributed by atoms with Crippen molar-refractivity contribution in [3.63, 3.8) is 0 Å². The van der Waals surface area contributed by atoms with Crippen LogP contribution in [-0.4, -0.2) is 29.7 Å². The van der Waals surface area contributed by atoms with Gasteiger partial charge in [-0.3, -0.25) is 4.79 Å². The molecule has 1 rings (SSSR count). The maximum Gasteiger partial charge on any atom is 0.282 e. The third-order valence-electron chi connectivity index (χ3n) is 1.61. The molecule has 0 aliphatic rings. The average molecular weight is 228 g/mol. The number of nitrogens with zero attached hydrogens (tertiary/aromatic N) is 2. The standard InChI is InChI=1S/C9H16N4OS/c1-9(2,3)5-11-6(14)7-12-13-8(10-4)15-7/h5H2,1-4H3,(H,10,13)(H,11,14). The molecule has 5 nitrogen and oxygen atoms in total. The number of aromatic nitrogens is 2. The van der Waals surface area contributed by atoms with Gasteiger partial charge in [-0.25, -0.2) is 0 Å².